The number of benzene rings is 1. The molecule has 0 N–H and O–H groups in total. The number of ether oxygens (including phenoxy) is 3. The van der Waals surface area contributed by atoms with Crippen molar-refractivity contribution in [1.82, 2.24) is 4.90 Å². The molecule has 0 spiro atoms. The molecule has 0 bridgehead atoms. The van der Waals surface area contributed by atoms with Crippen LogP contribution in [0.3, 0.4) is 0 Å². The smallest absolute Gasteiger partial charge is 0.161 e. The monoisotopic (exact) mass is 279 g/mol. The highest BCUT2D eigenvalue weighted by atomic mass is 16.5. The molecule has 4 nitrogen and oxygen atoms in total. The third kappa shape index (κ3) is 4.12. The lowest BCUT2D eigenvalue weighted by Crippen LogP contribution is -2.46. The van der Waals surface area contributed by atoms with Crippen molar-refractivity contribution in [1.29, 1.82) is 0 Å². The number of nitrogens with zero attached hydrogens (tertiary/aromatic N) is 1. The summed E-state index contributed by atoms with van der Waals surface area (Å²) in [7, 11) is 1.67. The van der Waals surface area contributed by atoms with Gasteiger partial charge in [-0.2, -0.15) is 0 Å². The molecule has 1 aromatic rings. The summed E-state index contributed by atoms with van der Waals surface area (Å²) >= 11 is 0. The minimum Gasteiger partial charge on any atom is -0.493 e. The van der Waals surface area contributed by atoms with Crippen LogP contribution in [-0.4, -0.2) is 50.5 Å². The Kier molecular flexibility index (Phi) is 5.26. The Balaban J connectivity index is 1.83. The maximum absolute atomic E-state index is 5.85. The zero-order valence-corrected chi connectivity index (χ0v) is 12.9. The zero-order valence-electron chi connectivity index (χ0n) is 12.9. The first-order chi connectivity index (χ1) is 9.58. The van der Waals surface area contributed by atoms with Gasteiger partial charge in [0.2, 0.25) is 0 Å². The number of methoxy groups -OCH3 is 1. The van der Waals surface area contributed by atoms with Gasteiger partial charge in [0.1, 0.15) is 6.61 Å². The van der Waals surface area contributed by atoms with Crippen LogP contribution in [0.4, 0.5) is 0 Å². The van der Waals surface area contributed by atoms with Gasteiger partial charge in [-0.3, -0.25) is 4.90 Å². The van der Waals surface area contributed by atoms with E-state index in [-0.39, 0.29) is 0 Å². The van der Waals surface area contributed by atoms with Crippen LogP contribution in [0.2, 0.25) is 0 Å². The number of aryl methyl sites for hydroxylation is 1. The van der Waals surface area contributed by atoms with Crippen LogP contribution < -0.4 is 9.47 Å². The lowest BCUT2D eigenvalue weighted by Gasteiger charge is -2.35. The van der Waals surface area contributed by atoms with Gasteiger partial charge < -0.3 is 14.2 Å². The van der Waals surface area contributed by atoms with Crippen LogP contribution >= 0.6 is 0 Å². The Hall–Kier alpha value is -1.26. The SMILES string of the molecule is COc1cc(C)ccc1OCCN1C[C@H](C)O[C@@H](C)C1. The summed E-state index contributed by atoms with van der Waals surface area (Å²) < 4.78 is 16.9. The molecule has 2 rings (SSSR count). The van der Waals surface area contributed by atoms with E-state index in [1.807, 2.05) is 25.1 Å². The van der Waals surface area contributed by atoms with Crippen molar-refractivity contribution in [2.45, 2.75) is 33.0 Å². The highest BCUT2D eigenvalue weighted by molar-refractivity contribution is 5.42. The second-order valence-corrected chi connectivity index (χ2v) is 5.52. The molecule has 1 aromatic carbocycles. The minimum absolute atomic E-state index is 0.299. The quantitative estimate of drug-likeness (QED) is 0.828. The molecule has 1 fully saturated rings. The first-order valence-electron chi connectivity index (χ1n) is 7.23. The molecule has 4 heteroatoms. The molecule has 0 aromatic heterocycles. The first kappa shape index (κ1) is 15.1. The fourth-order valence-electron chi connectivity index (χ4n) is 2.65. The summed E-state index contributed by atoms with van der Waals surface area (Å²) in [4.78, 5) is 2.39. The first-order valence-corrected chi connectivity index (χ1v) is 7.23. The van der Waals surface area contributed by atoms with Crippen LogP contribution in [0.15, 0.2) is 18.2 Å². The molecule has 0 radical (unpaired) electrons. The molecule has 2 atom stereocenters. The Morgan fingerprint density at radius 2 is 1.90 bits per heavy atom. The molecule has 0 unspecified atom stereocenters. The lowest BCUT2D eigenvalue weighted by atomic mass is 10.2. The summed E-state index contributed by atoms with van der Waals surface area (Å²) in [5, 5.41) is 0. The third-order valence-electron chi connectivity index (χ3n) is 3.48. The van der Waals surface area contributed by atoms with Crippen LogP contribution in [0.1, 0.15) is 19.4 Å². The molecule has 20 heavy (non-hydrogen) atoms. The van der Waals surface area contributed by atoms with Crippen molar-refractivity contribution in [3.05, 3.63) is 23.8 Å². The van der Waals surface area contributed by atoms with Gasteiger partial charge in [0.25, 0.3) is 0 Å². The zero-order chi connectivity index (χ0) is 14.5. The van der Waals surface area contributed by atoms with E-state index >= 15 is 0 Å². The maximum atomic E-state index is 5.85. The van der Waals surface area contributed by atoms with Crippen molar-refractivity contribution < 1.29 is 14.2 Å². The third-order valence-corrected chi connectivity index (χ3v) is 3.48. The molecular weight excluding hydrogens is 254 g/mol. The lowest BCUT2D eigenvalue weighted by molar-refractivity contribution is -0.0699. The molecule has 1 saturated heterocycles. The van der Waals surface area contributed by atoms with E-state index in [9.17, 15) is 0 Å². The van der Waals surface area contributed by atoms with Crippen LogP contribution in [0.5, 0.6) is 11.5 Å². The molecule has 1 aliphatic rings. The fourth-order valence-corrected chi connectivity index (χ4v) is 2.65. The van der Waals surface area contributed by atoms with E-state index in [4.69, 9.17) is 14.2 Å². The number of rotatable bonds is 5. The van der Waals surface area contributed by atoms with Gasteiger partial charge in [0.15, 0.2) is 11.5 Å². The van der Waals surface area contributed by atoms with Gasteiger partial charge in [-0.1, -0.05) is 6.07 Å². The van der Waals surface area contributed by atoms with Crippen molar-refractivity contribution in [3.8, 4) is 11.5 Å². The van der Waals surface area contributed by atoms with Gasteiger partial charge in [0, 0.05) is 19.6 Å². The summed E-state index contributed by atoms with van der Waals surface area (Å²) in [5.41, 5.74) is 1.17. The average Bonchev–Trinajstić information content (AvgIpc) is 2.39. The molecule has 0 amide bonds. The van der Waals surface area contributed by atoms with Crippen LogP contribution in [0.25, 0.3) is 0 Å². The predicted molar refractivity (Wildman–Crippen MR) is 79.7 cm³/mol. The van der Waals surface area contributed by atoms with Gasteiger partial charge in [0.05, 0.1) is 19.3 Å². The van der Waals surface area contributed by atoms with E-state index in [1.54, 1.807) is 7.11 Å². The van der Waals surface area contributed by atoms with E-state index in [0.29, 0.717) is 18.8 Å². The summed E-state index contributed by atoms with van der Waals surface area (Å²) in [6.07, 6.45) is 0.598. The van der Waals surface area contributed by atoms with Crippen molar-refractivity contribution >= 4 is 0 Å². The molecular formula is C16H25NO3. The summed E-state index contributed by atoms with van der Waals surface area (Å²) in [5.74, 6) is 1.61. The van der Waals surface area contributed by atoms with E-state index < -0.39 is 0 Å². The number of hydrogen-bond donors (Lipinski definition) is 0. The maximum Gasteiger partial charge on any atom is 0.161 e. The molecule has 0 aliphatic carbocycles. The normalized spacial score (nSPS) is 23.6. The number of hydrogen-bond acceptors (Lipinski definition) is 4. The Bertz CT molecular complexity index is 426. The summed E-state index contributed by atoms with van der Waals surface area (Å²) in [6.45, 7) is 9.80. The second kappa shape index (κ2) is 6.95. The molecule has 112 valence electrons. The number of morpholine rings is 1. The van der Waals surface area contributed by atoms with E-state index in [1.165, 1.54) is 5.56 Å². The minimum atomic E-state index is 0.299. The van der Waals surface area contributed by atoms with Crippen molar-refractivity contribution in [3.63, 3.8) is 0 Å². The van der Waals surface area contributed by atoms with E-state index in [2.05, 4.69) is 18.7 Å². The Morgan fingerprint density at radius 3 is 2.55 bits per heavy atom. The van der Waals surface area contributed by atoms with Crippen molar-refractivity contribution in [2.24, 2.45) is 0 Å². The molecule has 1 aliphatic heterocycles. The average molecular weight is 279 g/mol. The highest BCUT2D eigenvalue weighted by Crippen LogP contribution is 2.27. The largest absolute Gasteiger partial charge is 0.493 e. The molecule has 0 saturated carbocycles. The highest BCUT2D eigenvalue weighted by Gasteiger charge is 2.21. The topological polar surface area (TPSA) is 30.9 Å². The predicted octanol–water partition coefficient (Wildman–Crippen LogP) is 2.49. The van der Waals surface area contributed by atoms with Crippen LogP contribution in [0, 0.1) is 6.92 Å². The fraction of sp³-hybridized carbons (Fsp3) is 0.625. The van der Waals surface area contributed by atoms with Gasteiger partial charge in [-0.25, -0.2) is 0 Å². The Labute approximate surface area is 121 Å². The Morgan fingerprint density at radius 1 is 1.20 bits per heavy atom. The van der Waals surface area contributed by atoms with Gasteiger partial charge >= 0.3 is 0 Å². The standard InChI is InChI=1S/C16H25NO3/c1-12-5-6-15(16(9-12)18-4)19-8-7-17-10-13(2)20-14(3)11-17/h5-6,9,13-14H,7-8,10-11H2,1-4H3/t13-,14-/m0/s1. The summed E-state index contributed by atoms with van der Waals surface area (Å²) in [6, 6.07) is 6.00. The van der Waals surface area contributed by atoms with Gasteiger partial charge in [-0.05, 0) is 38.5 Å². The van der Waals surface area contributed by atoms with Crippen molar-refractivity contribution in [2.75, 3.05) is 33.4 Å². The van der Waals surface area contributed by atoms with Crippen LogP contribution in [-0.2, 0) is 4.74 Å². The molecule has 1 heterocycles. The second-order valence-electron chi connectivity index (χ2n) is 5.52. The van der Waals surface area contributed by atoms with E-state index in [0.717, 1.165) is 31.1 Å². The van der Waals surface area contributed by atoms with Gasteiger partial charge in [-0.15, -0.1) is 0 Å².